The van der Waals surface area contributed by atoms with Crippen LogP contribution in [0.3, 0.4) is 0 Å². The molecule has 0 radical (unpaired) electrons. The van der Waals surface area contributed by atoms with Gasteiger partial charge in [-0.2, -0.15) is 0 Å². The molecule has 2 aromatic heterocycles. The van der Waals surface area contributed by atoms with Crippen molar-refractivity contribution in [1.82, 2.24) is 14.9 Å². The largest absolute Gasteiger partial charge is 0.463 e. The average Bonchev–Trinajstić information content (AvgIpc) is 2.89. The molecule has 0 aliphatic carbocycles. The van der Waals surface area contributed by atoms with Crippen LogP contribution < -0.4 is 10.3 Å². The maximum atomic E-state index is 12.7. The van der Waals surface area contributed by atoms with Crippen LogP contribution in [0.25, 0.3) is 28.3 Å². The Bertz CT molecular complexity index is 1370. The van der Waals surface area contributed by atoms with Gasteiger partial charge in [0.15, 0.2) is 5.43 Å². The van der Waals surface area contributed by atoms with Gasteiger partial charge in [0, 0.05) is 43.9 Å². The molecule has 0 bridgehead atoms. The second-order valence-electron chi connectivity index (χ2n) is 7.79. The summed E-state index contributed by atoms with van der Waals surface area (Å²) in [5.41, 5.74) is 2.65. The van der Waals surface area contributed by atoms with Crippen LogP contribution in [-0.2, 0) is 4.79 Å². The van der Waals surface area contributed by atoms with Crippen LogP contribution in [0, 0.1) is 0 Å². The zero-order chi connectivity index (χ0) is 22.6. The predicted molar refractivity (Wildman–Crippen MR) is 128 cm³/mol. The molecule has 5 rings (SSSR count). The van der Waals surface area contributed by atoms with E-state index in [1.165, 1.54) is 18.4 Å². The van der Waals surface area contributed by atoms with Gasteiger partial charge in [-0.1, -0.05) is 42.5 Å². The lowest BCUT2D eigenvalue weighted by molar-refractivity contribution is -0.126. The monoisotopic (exact) mass is 438 g/mol. The van der Waals surface area contributed by atoms with Crippen molar-refractivity contribution in [2.45, 2.75) is 0 Å². The van der Waals surface area contributed by atoms with Crippen LogP contribution >= 0.6 is 0 Å². The Morgan fingerprint density at radius 3 is 2.52 bits per heavy atom. The van der Waals surface area contributed by atoms with Gasteiger partial charge in [0.05, 0.1) is 16.6 Å². The van der Waals surface area contributed by atoms with E-state index in [2.05, 4.69) is 14.9 Å². The molecule has 3 heterocycles. The van der Waals surface area contributed by atoms with Crippen LogP contribution in [0.4, 0.5) is 5.82 Å². The van der Waals surface area contributed by atoms with Crippen molar-refractivity contribution in [2.75, 3.05) is 31.1 Å². The summed E-state index contributed by atoms with van der Waals surface area (Å²) in [7, 11) is 0. The molecule has 4 aromatic rings. The van der Waals surface area contributed by atoms with Crippen molar-refractivity contribution in [3.05, 3.63) is 95.1 Å². The summed E-state index contributed by atoms with van der Waals surface area (Å²) in [6.07, 6.45) is 5.94. The molecule has 164 valence electrons. The van der Waals surface area contributed by atoms with Gasteiger partial charge in [0.2, 0.25) is 5.91 Å². The molecular weight excluding hydrogens is 416 g/mol. The van der Waals surface area contributed by atoms with Crippen LogP contribution in [-0.4, -0.2) is 47.0 Å². The fourth-order valence-corrected chi connectivity index (χ4v) is 3.92. The third kappa shape index (κ3) is 4.39. The highest BCUT2D eigenvalue weighted by molar-refractivity contribution is 5.92. The van der Waals surface area contributed by atoms with E-state index in [1.807, 2.05) is 42.5 Å². The Morgan fingerprint density at radius 2 is 1.70 bits per heavy atom. The first-order chi connectivity index (χ1) is 16.2. The van der Waals surface area contributed by atoms with E-state index in [0.717, 1.165) is 17.1 Å². The number of aromatic nitrogens is 2. The van der Waals surface area contributed by atoms with Crippen molar-refractivity contribution in [2.24, 2.45) is 0 Å². The first-order valence-electron chi connectivity index (χ1n) is 10.8. The number of hydrogen-bond acceptors (Lipinski definition) is 6. The van der Waals surface area contributed by atoms with E-state index in [1.54, 1.807) is 29.4 Å². The van der Waals surface area contributed by atoms with Gasteiger partial charge >= 0.3 is 0 Å². The normalized spacial score (nSPS) is 14.2. The predicted octanol–water partition coefficient (Wildman–Crippen LogP) is 3.61. The third-order valence-electron chi connectivity index (χ3n) is 5.75. The molecule has 0 saturated carbocycles. The number of para-hydroxylation sites is 1. The first-order valence-corrected chi connectivity index (χ1v) is 10.8. The lowest BCUT2D eigenvalue weighted by atomic mass is 10.1. The first kappa shape index (κ1) is 20.6. The lowest BCUT2D eigenvalue weighted by Crippen LogP contribution is -2.48. The maximum absolute atomic E-state index is 12.7. The average molecular weight is 438 g/mol. The summed E-state index contributed by atoms with van der Waals surface area (Å²) in [4.78, 5) is 38.0. The van der Waals surface area contributed by atoms with Gasteiger partial charge in [-0.05, 0) is 18.2 Å². The van der Waals surface area contributed by atoms with Gasteiger partial charge < -0.3 is 14.2 Å². The molecule has 33 heavy (non-hydrogen) atoms. The van der Waals surface area contributed by atoms with Crippen molar-refractivity contribution < 1.29 is 9.21 Å². The van der Waals surface area contributed by atoms with Crippen molar-refractivity contribution >= 4 is 28.8 Å². The number of piperazine rings is 1. The number of benzene rings is 2. The number of carbonyl (C=O) groups excluding carboxylic acids is 1. The highest BCUT2D eigenvalue weighted by atomic mass is 16.3. The van der Waals surface area contributed by atoms with E-state index in [0.29, 0.717) is 42.7 Å². The van der Waals surface area contributed by atoms with Crippen molar-refractivity contribution in [1.29, 1.82) is 0 Å². The molecule has 0 unspecified atom stereocenters. The number of fused-ring (bicyclic) bond motifs is 1. The summed E-state index contributed by atoms with van der Waals surface area (Å²) < 4.78 is 5.51. The standard InChI is InChI=1S/C26H22N4O3/c31-25(11-10-20-17-33-23-9-5-4-8-21(23)26(20)32)30-14-12-29(13-15-30)24-16-22(27-18-28-24)19-6-2-1-3-7-19/h1-11,16-18H,12-15H2/b11-10+. The Kier molecular flexibility index (Phi) is 5.68. The summed E-state index contributed by atoms with van der Waals surface area (Å²) in [6.45, 7) is 2.48. The zero-order valence-corrected chi connectivity index (χ0v) is 17.9. The van der Waals surface area contributed by atoms with E-state index in [9.17, 15) is 9.59 Å². The van der Waals surface area contributed by atoms with Crippen molar-refractivity contribution in [3.8, 4) is 11.3 Å². The molecule has 0 atom stereocenters. The van der Waals surface area contributed by atoms with Crippen LogP contribution in [0.15, 0.2) is 88.5 Å². The fraction of sp³-hybridized carbons (Fsp3) is 0.154. The number of amides is 1. The smallest absolute Gasteiger partial charge is 0.246 e. The molecule has 0 spiro atoms. The summed E-state index contributed by atoms with van der Waals surface area (Å²) in [5, 5.41) is 0.500. The highest BCUT2D eigenvalue weighted by Crippen LogP contribution is 2.21. The lowest BCUT2D eigenvalue weighted by Gasteiger charge is -2.35. The molecule has 1 amide bonds. The summed E-state index contributed by atoms with van der Waals surface area (Å²) >= 11 is 0. The van der Waals surface area contributed by atoms with Gasteiger partial charge in [-0.15, -0.1) is 0 Å². The van der Waals surface area contributed by atoms with Crippen LogP contribution in [0.2, 0.25) is 0 Å². The topological polar surface area (TPSA) is 79.5 Å². The van der Waals surface area contributed by atoms with Gasteiger partial charge in [0.1, 0.15) is 24.0 Å². The van der Waals surface area contributed by atoms with E-state index in [4.69, 9.17) is 4.42 Å². The molecule has 1 fully saturated rings. The quantitative estimate of drug-likeness (QED) is 0.453. The Hall–Kier alpha value is -4.26. The molecule has 7 nitrogen and oxygen atoms in total. The van der Waals surface area contributed by atoms with Crippen LogP contribution in [0.1, 0.15) is 5.56 Å². The molecule has 7 heteroatoms. The number of anilines is 1. The van der Waals surface area contributed by atoms with E-state index in [-0.39, 0.29) is 11.3 Å². The minimum absolute atomic E-state index is 0.130. The second kappa shape index (κ2) is 9.08. The van der Waals surface area contributed by atoms with Gasteiger partial charge in [-0.25, -0.2) is 9.97 Å². The third-order valence-corrected chi connectivity index (χ3v) is 5.75. The van der Waals surface area contributed by atoms with E-state index >= 15 is 0 Å². The summed E-state index contributed by atoms with van der Waals surface area (Å²) in [5.74, 6) is 0.718. The molecule has 1 aliphatic heterocycles. The van der Waals surface area contributed by atoms with Crippen molar-refractivity contribution in [3.63, 3.8) is 0 Å². The highest BCUT2D eigenvalue weighted by Gasteiger charge is 2.21. The number of nitrogens with zero attached hydrogens (tertiary/aromatic N) is 4. The molecular formula is C26H22N4O3. The SMILES string of the molecule is O=C(/C=C/c1coc2ccccc2c1=O)N1CCN(c2cc(-c3ccccc3)ncn2)CC1. The second-order valence-corrected chi connectivity index (χ2v) is 7.79. The molecule has 0 N–H and O–H groups in total. The Morgan fingerprint density at radius 1 is 0.939 bits per heavy atom. The minimum atomic E-state index is -0.149. The van der Waals surface area contributed by atoms with E-state index < -0.39 is 0 Å². The Balaban J connectivity index is 1.24. The fourth-order valence-electron chi connectivity index (χ4n) is 3.92. The zero-order valence-electron chi connectivity index (χ0n) is 17.9. The van der Waals surface area contributed by atoms with Crippen LogP contribution in [0.5, 0.6) is 0 Å². The number of carbonyl (C=O) groups is 1. The number of rotatable bonds is 4. The molecule has 2 aromatic carbocycles. The molecule has 1 aliphatic rings. The van der Waals surface area contributed by atoms with Gasteiger partial charge in [-0.3, -0.25) is 9.59 Å². The maximum Gasteiger partial charge on any atom is 0.246 e. The van der Waals surface area contributed by atoms with Gasteiger partial charge in [0.25, 0.3) is 0 Å². The minimum Gasteiger partial charge on any atom is -0.463 e. The summed E-state index contributed by atoms with van der Waals surface area (Å²) in [6, 6.07) is 19.0. The molecule has 1 saturated heterocycles. The number of hydrogen-bond donors (Lipinski definition) is 0. The Labute approximate surface area is 190 Å².